The molecule has 0 aliphatic heterocycles. The summed E-state index contributed by atoms with van der Waals surface area (Å²) in [5.74, 6) is 1.31. The number of nitrogens with zero attached hydrogens (tertiary/aromatic N) is 1. The van der Waals surface area contributed by atoms with E-state index in [0.717, 1.165) is 17.7 Å². The van der Waals surface area contributed by atoms with Gasteiger partial charge in [-0.2, -0.15) is 5.26 Å². The second kappa shape index (κ2) is 6.27. The number of hydrogen-bond donors (Lipinski definition) is 0. The van der Waals surface area contributed by atoms with Gasteiger partial charge in [0.05, 0.1) is 10.0 Å². The van der Waals surface area contributed by atoms with Crippen LogP contribution in [-0.2, 0) is 6.42 Å². The maximum absolute atomic E-state index is 8.44. The zero-order valence-corrected chi connectivity index (χ0v) is 10.7. The van der Waals surface area contributed by atoms with Crippen LogP contribution in [0.15, 0.2) is 18.2 Å². The first-order chi connectivity index (χ1) is 7.13. The molecule has 0 saturated carbocycles. The molecule has 0 spiro atoms. The third kappa shape index (κ3) is 4.34. The molecule has 1 atom stereocenters. The first-order valence-electron chi connectivity index (χ1n) is 4.58. The van der Waals surface area contributed by atoms with Crippen LogP contribution in [0.4, 0.5) is 0 Å². The monoisotopic (exact) mass is 259 g/mol. The van der Waals surface area contributed by atoms with Crippen molar-refractivity contribution in [2.45, 2.75) is 13.3 Å². The van der Waals surface area contributed by atoms with Gasteiger partial charge in [0.25, 0.3) is 0 Å². The van der Waals surface area contributed by atoms with E-state index in [4.69, 9.17) is 28.5 Å². The summed E-state index contributed by atoms with van der Waals surface area (Å²) in [5.41, 5.74) is 1.16. The summed E-state index contributed by atoms with van der Waals surface area (Å²) in [4.78, 5) is 0. The number of benzene rings is 1. The number of thiocyanates is 1. The van der Waals surface area contributed by atoms with Gasteiger partial charge >= 0.3 is 0 Å². The van der Waals surface area contributed by atoms with E-state index in [1.54, 1.807) is 0 Å². The predicted octanol–water partition coefficient (Wildman–Crippen LogP) is 4.39. The van der Waals surface area contributed by atoms with Crippen LogP contribution in [0.2, 0.25) is 10.0 Å². The molecule has 0 aliphatic carbocycles. The summed E-state index contributed by atoms with van der Waals surface area (Å²) in [5, 5.41) is 11.7. The highest BCUT2D eigenvalue weighted by Crippen LogP contribution is 2.24. The largest absolute Gasteiger partial charge is 0.185 e. The molecule has 0 radical (unpaired) electrons. The van der Waals surface area contributed by atoms with Gasteiger partial charge in [-0.25, -0.2) is 0 Å². The molecule has 1 rings (SSSR count). The Morgan fingerprint density at radius 2 is 2.13 bits per heavy atom. The van der Waals surface area contributed by atoms with Gasteiger partial charge in [-0.3, -0.25) is 0 Å². The van der Waals surface area contributed by atoms with E-state index in [2.05, 4.69) is 12.3 Å². The topological polar surface area (TPSA) is 23.8 Å². The van der Waals surface area contributed by atoms with Gasteiger partial charge in [0.1, 0.15) is 5.40 Å². The van der Waals surface area contributed by atoms with E-state index in [1.165, 1.54) is 11.8 Å². The Kier molecular flexibility index (Phi) is 5.31. The lowest BCUT2D eigenvalue weighted by molar-refractivity contribution is 0.660. The molecule has 0 aliphatic rings. The van der Waals surface area contributed by atoms with E-state index < -0.39 is 0 Å². The van der Waals surface area contributed by atoms with Gasteiger partial charge < -0.3 is 0 Å². The van der Waals surface area contributed by atoms with Crippen LogP contribution in [0.3, 0.4) is 0 Å². The van der Waals surface area contributed by atoms with Crippen molar-refractivity contribution in [2.75, 3.05) is 5.75 Å². The molecule has 0 fully saturated rings. The maximum atomic E-state index is 8.44. The molecule has 1 aromatic carbocycles. The zero-order chi connectivity index (χ0) is 11.3. The Labute approximate surface area is 104 Å². The molecule has 15 heavy (non-hydrogen) atoms. The van der Waals surface area contributed by atoms with Crippen molar-refractivity contribution in [1.82, 2.24) is 0 Å². The minimum Gasteiger partial charge on any atom is -0.185 e. The predicted molar refractivity (Wildman–Crippen MR) is 67.4 cm³/mol. The summed E-state index contributed by atoms with van der Waals surface area (Å²) >= 11 is 13.0. The Morgan fingerprint density at radius 3 is 2.73 bits per heavy atom. The van der Waals surface area contributed by atoms with Gasteiger partial charge in [-0.15, -0.1) is 0 Å². The van der Waals surface area contributed by atoms with Crippen LogP contribution in [0, 0.1) is 16.6 Å². The standard InChI is InChI=1S/C11H11Cl2NS/c1-8(6-15-7-14)4-9-2-3-10(12)11(13)5-9/h2-3,5,8H,4,6H2,1H3. The molecular weight excluding hydrogens is 249 g/mol. The fraction of sp³-hybridized carbons (Fsp3) is 0.364. The van der Waals surface area contributed by atoms with E-state index in [9.17, 15) is 0 Å². The molecule has 0 aromatic heterocycles. The van der Waals surface area contributed by atoms with Gasteiger partial charge in [0.15, 0.2) is 0 Å². The molecule has 0 bridgehead atoms. The fourth-order valence-corrected chi connectivity index (χ4v) is 2.11. The van der Waals surface area contributed by atoms with Crippen LogP contribution in [0.25, 0.3) is 0 Å². The van der Waals surface area contributed by atoms with Crippen molar-refractivity contribution in [3.8, 4) is 5.40 Å². The molecule has 4 heteroatoms. The third-order valence-electron chi connectivity index (χ3n) is 2.00. The quantitative estimate of drug-likeness (QED) is 0.750. The van der Waals surface area contributed by atoms with E-state index in [0.29, 0.717) is 16.0 Å². The number of thioether (sulfide) groups is 1. The first-order valence-corrected chi connectivity index (χ1v) is 6.32. The number of halogens is 2. The lowest BCUT2D eigenvalue weighted by Crippen LogP contribution is -2.02. The zero-order valence-electron chi connectivity index (χ0n) is 8.34. The average Bonchev–Trinajstić information content (AvgIpc) is 2.20. The minimum atomic E-state index is 0.465. The highest BCUT2D eigenvalue weighted by molar-refractivity contribution is 8.03. The number of hydrogen-bond acceptors (Lipinski definition) is 2. The Morgan fingerprint density at radius 1 is 1.40 bits per heavy atom. The van der Waals surface area contributed by atoms with Gasteiger partial charge in [-0.1, -0.05) is 36.2 Å². The van der Waals surface area contributed by atoms with Crippen LogP contribution in [0.5, 0.6) is 0 Å². The molecule has 80 valence electrons. The molecular formula is C11H11Cl2NS. The normalized spacial score (nSPS) is 12.1. The molecule has 0 N–H and O–H groups in total. The van der Waals surface area contributed by atoms with Gasteiger partial charge in [0, 0.05) is 5.75 Å². The van der Waals surface area contributed by atoms with E-state index in [1.807, 2.05) is 18.2 Å². The highest BCUT2D eigenvalue weighted by Gasteiger charge is 2.05. The van der Waals surface area contributed by atoms with Crippen molar-refractivity contribution < 1.29 is 0 Å². The summed E-state index contributed by atoms with van der Waals surface area (Å²) in [6.07, 6.45) is 0.922. The average molecular weight is 260 g/mol. The summed E-state index contributed by atoms with van der Waals surface area (Å²) in [6, 6.07) is 5.67. The fourth-order valence-electron chi connectivity index (χ4n) is 1.31. The maximum Gasteiger partial charge on any atom is 0.133 e. The van der Waals surface area contributed by atoms with Gasteiger partial charge in [-0.05, 0) is 41.8 Å². The smallest absolute Gasteiger partial charge is 0.133 e. The van der Waals surface area contributed by atoms with Crippen molar-refractivity contribution in [2.24, 2.45) is 5.92 Å². The minimum absolute atomic E-state index is 0.465. The van der Waals surface area contributed by atoms with Gasteiger partial charge in [0.2, 0.25) is 0 Å². The number of rotatable bonds is 4. The van der Waals surface area contributed by atoms with E-state index >= 15 is 0 Å². The molecule has 1 nitrogen and oxygen atoms in total. The van der Waals surface area contributed by atoms with Crippen molar-refractivity contribution >= 4 is 35.0 Å². The molecule has 1 aromatic rings. The molecule has 0 saturated heterocycles. The summed E-state index contributed by atoms with van der Waals surface area (Å²) in [6.45, 7) is 2.12. The molecule has 1 unspecified atom stereocenters. The van der Waals surface area contributed by atoms with Crippen molar-refractivity contribution in [1.29, 1.82) is 5.26 Å². The third-order valence-corrected chi connectivity index (χ3v) is 3.60. The van der Waals surface area contributed by atoms with Crippen LogP contribution >= 0.6 is 35.0 Å². The Balaban J connectivity index is 2.57. The molecule has 0 heterocycles. The Hall–Kier alpha value is -0.360. The second-order valence-electron chi connectivity index (χ2n) is 3.46. The lowest BCUT2D eigenvalue weighted by atomic mass is 10.0. The molecule has 0 amide bonds. The van der Waals surface area contributed by atoms with Crippen LogP contribution in [0.1, 0.15) is 12.5 Å². The van der Waals surface area contributed by atoms with E-state index in [-0.39, 0.29) is 0 Å². The highest BCUT2D eigenvalue weighted by atomic mass is 35.5. The van der Waals surface area contributed by atoms with Crippen molar-refractivity contribution in [3.05, 3.63) is 33.8 Å². The second-order valence-corrected chi connectivity index (χ2v) is 5.08. The van der Waals surface area contributed by atoms with Crippen LogP contribution < -0.4 is 0 Å². The summed E-state index contributed by atoms with van der Waals surface area (Å²) in [7, 11) is 0. The summed E-state index contributed by atoms with van der Waals surface area (Å²) < 4.78 is 0. The first kappa shape index (κ1) is 12.7. The van der Waals surface area contributed by atoms with Crippen molar-refractivity contribution in [3.63, 3.8) is 0 Å². The van der Waals surface area contributed by atoms with Crippen LogP contribution in [-0.4, -0.2) is 5.75 Å². The SMILES string of the molecule is CC(CSC#N)Cc1ccc(Cl)c(Cl)c1. The Bertz CT molecular complexity index is 373. The number of nitriles is 1. The lowest BCUT2D eigenvalue weighted by Gasteiger charge is -2.09.